The van der Waals surface area contributed by atoms with Gasteiger partial charge >= 0.3 is 0 Å². The van der Waals surface area contributed by atoms with Crippen molar-refractivity contribution < 1.29 is 9.90 Å². The van der Waals surface area contributed by atoms with Crippen LogP contribution in [0.3, 0.4) is 0 Å². The van der Waals surface area contributed by atoms with E-state index < -0.39 is 0 Å². The fraction of sp³-hybridized carbons (Fsp3) is 0.400. The number of anilines is 1. The zero-order valence-corrected chi connectivity index (χ0v) is 10.5. The standard InChI is InChI=1S/C15H17NO2/c1-11-10-12(4-2-3-9-17)5-8-14(11)16-15(18)13-6-7-13/h5,8,10,13,17H,3,6-7,9H2,1H3,(H,16,18). The van der Waals surface area contributed by atoms with E-state index in [-0.39, 0.29) is 18.4 Å². The van der Waals surface area contributed by atoms with Crippen molar-refractivity contribution in [1.29, 1.82) is 0 Å². The second-order valence-electron chi connectivity index (χ2n) is 4.57. The van der Waals surface area contributed by atoms with Gasteiger partial charge in [-0.25, -0.2) is 0 Å². The molecule has 0 atom stereocenters. The highest BCUT2D eigenvalue weighted by molar-refractivity contribution is 5.94. The summed E-state index contributed by atoms with van der Waals surface area (Å²) in [6, 6.07) is 5.73. The van der Waals surface area contributed by atoms with E-state index in [1.807, 2.05) is 25.1 Å². The predicted octanol–water partition coefficient (Wildman–Crippen LogP) is 2.08. The zero-order valence-electron chi connectivity index (χ0n) is 10.5. The maximum Gasteiger partial charge on any atom is 0.227 e. The highest BCUT2D eigenvalue weighted by Crippen LogP contribution is 2.30. The predicted molar refractivity (Wildman–Crippen MR) is 71.1 cm³/mol. The molecule has 0 saturated heterocycles. The molecule has 3 nitrogen and oxygen atoms in total. The van der Waals surface area contributed by atoms with E-state index >= 15 is 0 Å². The number of carbonyl (C=O) groups excluding carboxylic acids is 1. The average molecular weight is 243 g/mol. The summed E-state index contributed by atoms with van der Waals surface area (Å²) in [5.41, 5.74) is 2.78. The normalized spacial score (nSPS) is 13.7. The van der Waals surface area contributed by atoms with Crippen molar-refractivity contribution in [3.8, 4) is 11.8 Å². The molecule has 0 aromatic heterocycles. The lowest BCUT2D eigenvalue weighted by Gasteiger charge is -2.07. The lowest BCUT2D eigenvalue weighted by molar-refractivity contribution is -0.117. The summed E-state index contributed by atoms with van der Waals surface area (Å²) in [5.74, 6) is 6.20. The summed E-state index contributed by atoms with van der Waals surface area (Å²) < 4.78 is 0. The fourth-order valence-electron chi connectivity index (χ4n) is 1.68. The first-order valence-corrected chi connectivity index (χ1v) is 6.22. The second-order valence-corrected chi connectivity index (χ2v) is 4.57. The second kappa shape index (κ2) is 5.70. The fourth-order valence-corrected chi connectivity index (χ4v) is 1.68. The van der Waals surface area contributed by atoms with Gasteiger partial charge in [0.15, 0.2) is 0 Å². The van der Waals surface area contributed by atoms with E-state index in [4.69, 9.17) is 5.11 Å². The van der Waals surface area contributed by atoms with Crippen LogP contribution in [0, 0.1) is 24.7 Å². The number of amides is 1. The van der Waals surface area contributed by atoms with Gasteiger partial charge in [-0.2, -0.15) is 0 Å². The van der Waals surface area contributed by atoms with Gasteiger partial charge in [0.1, 0.15) is 0 Å². The van der Waals surface area contributed by atoms with E-state index in [1.165, 1.54) is 0 Å². The zero-order chi connectivity index (χ0) is 13.0. The number of hydrogen-bond donors (Lipinski definition) is 2. The molecule has 1 aliphatic rings. The first kappa shape index (κ1) is 12.7. The van der Waals surface area contributed by atoms with Crippen molar-refractivity contribution in [3.05, 3.63) is 29.3 Å². The minimum atomic E-state index is 0.0848. The van der Waals surface area contributed by atoms with Crippen LogP contribution in [-0.4, -0.2) is 17.6 Å². The summed E-state index contributed by atoms with van der Waals surface area (Å²) >= 11 is 0. The molecular weight excluding hydrogens is 226 g/mol. The van der Waals surface area contributed by atoms with Crippen molar-refractivity contribution in [2.45, 2.75) is 26.2 Å². The number of carbonyl (C=O) groups is 1. The van der Waals surface area contributed by atoms with Gasteiger partial charge in [-0.15, -0.1) is 0 Å². The maximum atomic E-state index is 11.7. The van der Waals surface area contributed by atoms with Gasteiger partial charge in [-0.1, -0.05) is 11.8 Å². The van der Waals surface area contributed by atoms with Gasteiger partial charge in [-0.3, -0.25) is 4.79 Å². The van der Waals surface area contributed by atoms with Gasteiger partial charge in [0.05, 0.1) is 6.61 Å². The Bertz CT molecular complexity index is 507. The first-order chi connectivity index (χ1) is 8.70. The van der Waals surface area contributed by atoms with Crippen molar-refractivity contribution in [1.82, 2.24) is 0 Å². The van der Waals surface area contributed by atoms with Crippen LogP contribution in [0.5, 0.6) is 0 Å². The van der Waals surface area contributed by atoms with Crippen LogP contribution in [0.15, 0.2) is 18.2 Å². The lowest BCUT2D eigenvalue weighted by Crippen LogP contribution is -2.14. The maximum absolute atomic E-state index is 11.7. The Balaban J connectivity index is 2.05. The summed E-state index contributed by atoms with van der Waals surface area (Å²) in [5, 5.41) is 11.6. The van der Waals surface area contributed by atoms with E-state index in [0.29, 0.717) is 6.42 Å². The lowest BCUT2D eigenvalue weighted by atomic mass is 10.1. The van der Waals surface area contributed by atoms with E-state index in [1.54, 1.807) is 0 Å². The van der Waals surface area contributed by atoms with Crippen LogP contribution >= 0.6 is 0 Å². The Hall–Kier alpha value is -1.79. The molecule has 1 aliphatic carbocycles. The Kier molecular flexibility index (Phi) is 4.01. The van der Waals surface area contributed by atoms with E-state index in [2.05, 4.69) is 17.2 Å². The SMILES string of the molecule is Cc1cc(C#CCCO)ccc1NC(=O)C1CC1. The quantitative estimate of drug-likeness (QED) is 0.798. The van der Waals surface area contributed by atoms with Crippen molar-refractivity contribution in [3.63, 3.8) is 0 Å². The van der Waals surface area contributed by atoms with E-state index in [0.717, 1.165) is 29.7 Å². The molecule has 0 heterocycles. The summed E-state index contributed by atoms with van der Waals surface area (Å²) in [6.07, 6.45) is 2.50. The monoisotopic (exact) mass is 243 g/mol. The van der Waals surface area contributed by atoms with Gasteiger partial charge < -0.3 is 10.4 Å². The van der Waals surface area contributed by atoms with Crippen molar-refractivity contribution in [2.24, 2.45) is 5.92 Å². The number of benzene rings is 1. The number of aliphatic hydroxyl groups is 1. The molecule has 0 spiro atoms. The van der Waals surface area contributed by atoms with Gasteiger partial charge in [0, 0.05) is 23.6 Å². The molecule has 0 bridgehead atoms. The molecule has 3 heteroatoms. The molecular formula is C15H17NO2. The molecule has 0 aliphatic heterocycles. The molecule has 0 radical (unpaired) electrons. The number of hydrogen-bond acceptors (Lipinski definition) is 2. The third kappa shape index (κ3) is 3.35. The first-order valence-electron chi connectivity index (χ1n) is 6.22. The molecule has 94 valence electrons. The van der Waals surface area contributed by atoms with Crippen molar-refractivity contribution >= 4 is 11.6 Å². The smallest absolute Gasteiger partial charge is 0.227 e. The Labute approximate surface area is 107 Å². The number of nitrogens with one attached hydrogen (secondary N) is 1. The van der Waals surface area contributed by atoms with Gasteiger partial charge in [-0.05, 0) is 43.5 Å². The molecule has 1 aromatic carbocycles. The van der Waals surface area contributed by atoms with Crippen LogP contribution in [-0.2, 0) is 4.79 Å². The minimum absolute atomic E-state index is 0.0848. The molecule has 0 unspecified atom stereocenters. The van der Waals surface area contributed by atoms with Crippen LogP contribution in [0.4, 0.5) is 5.69 Å². The van der Waals surface area contributed by atoms with Gasteiger partial charge in [0.25, 0.3) is 0 Å². The molecule has 1 aromatic rings. The Morgan fingerprint density at radius 2 is 2.28 bits per heavy atom. The van der Waals surface area contributed by atoms with Crippen LogP contribution in [0.25, 0.3) is 0 Å². The molecule has 2 N–H and O–H groups in total. The topological polar surface area (TPSA) is 49.3 Å². The molecule has 1 saturated carbocycles. The summed E-state index contributed by atoms with van der Waals surface area (Å²) in [6.45, 7) is 2.04. The van der Waals surface area contributed by atoms with Crippen LogP contribution in [0.2, 0.25) is 0 Å². The van der Waals surface area contributed by atoms with Crippen LogP contribution in [0.1, 0.15) is 30.4 Å². The number of aryl methyl sites for hydroxylation is 1. The minimum Gasteiger partial charge on any atom is -0.395 e. The average Bonchev–Trinajstić information content (AvgIpc) is 3.17. The summed E-state index contributed by atoms with van der Waals surface area (Å²) in [7, 11) is 0. The molecule has 1 fully saturated rings. The Morgan fingerprint density at radius 3 is 2.89 bits per heavy atom. The third-order valence-electron chi connectivity index (χ3n) is 2.90. The van der Waals surface area contributed by atoms with Gasteiger partial charge in [0.2, 0.25) is 5.91 Å². The summed E-state index contributed by atoms with van der Waals surface area (Å²) in [4.78, 5) is 11.7. The third-order valence-corrected chi connectivity index (χ3v) is 2.90. The number of aliphatic hydroxyl groups excluding tert-OH is 1. The highest BCUT2D eigenvalue weighted by atomic mass is 16.2. The molecule has 18 heavy (non-hydrogen) atoms. The van der Waals surface area contributed by atoms with Crippen LogP contribution < -0.4 is 5.32 Å². The molecule has 2 rings (SSSR count). The number of rotatable bonds is 3. The van der Waals surface area contributed by atoms with Crippen molar-refractivity contribution in [2.75, 3.05) is 11.9 Å². The Morgan fingerprint density at radius 1 is 1.50 bits per heavy atom. The van der Waals surface area contributed by atoms with E-state index in [9.17, 15) is 4.79 Å². The molecule has 1 amide bonds. The highest BCUT2D eigenvalue weighted by Gasteiger charge is 2.29. The largest absolute Gasteiger partial charge is 0.395 e.